The van der Waals surface area contributed by atoms with Crippen molar-refractivity contribution in [2.24, 2.45) is 7.05 Å². The largest absolute Gasteiger partial charge is 0.545 e. The molecule has 0 N–H and O–H groups in total. The van der Waals surface area contributed by atoms with E-state index in [-0.39, 0.29) is 11.3 Å². The minimum absolute atomic E-state index is 0.0415. The lowest BCUT2D eigenvalue weighted by Crippen LogP contribution is -2.25. The molecule has 37 heavy (non-hydrogen) atoms. The molecule has 0 aliphatic rings. The summed E-state index contributed by atoms with van der Waals surface area (Å²) in [5.74, 6) is 1.49. The molecule has 2 aromatic carbocycles. The van der Waals surface area contributed by atoms with Gasteiger partial charge in [0.25, 0.3) is 0 Å². The number of carboxylic acid groups (broad SMARTS) is 1. The van der Waals surface area contributed by atoms with Gasteiger partial charge >= 0.3 is 0 Å². The number of methoxy groups -OCH3 is 4. The van der Waals surface area contributed by atoms with Gasteiger partial charge in [0.15, 0.2) is 23.0 Å². The Labute approximate surface area is 214 Å². The molecule has 4 aromatic rings. The summed E-state index contributed by atoms with van der Waals surface area (Å²) in [5, 5.41) is 13.1. The van der Waals surface area contributed by atoms with Gasteiger partial charge in [-0.25, -0.2) is 9.97 Å². The zero-order valence-corrected chi connectivity index (χ0v) is 21.4. The first-order chi connectivity index (χ1) is 17.9. The Kier molecular flexibility index (Phi) is 7.62. The summed E-state index contributed by atoms with van der Waals surface area (Å²) in [5.41, 5.74) is 1.79. The zero-order valence-electron chi connectivity index (χ0n) is 21.4. The van der Waals surface area contributed by atoms with Crippen molar-refractivity contribution >= 4 is 22.9 Å². The van der Waals surface area contributed by atoms with Crippen molar-refractivity contribution < 1.29 is 28.8 Å². The van der Waals surface area contributed by atoms with Crippen molar-refractivity contribution in [1.82, 2.24) is 14.5 Å². The smallest absolute Gasteiger partial charge is 0.162 e. The predicted octanol–water partition coefficient (Wildman–Crippen LogP) is 3.68. The van der Waals surface area contributed by atoms with Gasteiger partial charge in [-0.05, 0) is 36.3 Å². The second kappa shape index (κ2) is 11.0. The van der Waals surface area contributed by atoms with E-state index in [0.29, 0.717) is 57.9 Å². The van der Waals surface area contributed by atoms with E-state index in [2.05, 4.69) is 9.97 Å². The quantitative estimate of drug-likeness (QED) is 0.323. The zero-order chi connectivity index (χ0) is 26.5. The normalized spacial score (nSPS) is 11.2. The highest BCUT2D eigenvalue weighted by molar-refractivity contribution is 6.09. The van der Waals surface area contributed by atoms with Crippen LogP contribution in [0, 0.1) is 0 Å². The monoisotopic (exact) mass is 502 g/mol. The van der Waals surface area contributed by atoms with E-state index in [0.717, 1.165) is 5.82 Å². The molecular weight excluding hydrogens is 474 g/mol. The van der Waals surface area contributed by atoms with Crippen LogP contribution in [0.3, 0.4) is 0 Å². The number of aromatic carboxylic acids is 1. The van der Waals surface area contributed by atoms with E-state index in [1.807, 2.05) is 23.9 Å². The van der Waals surface area contributed by atoms with E-state index >= 15 is 0 Å². The molecule has 0 amide bonds. The third kappa shape index (κ3) is 5.06. The number of carbonyl (C=O) groups excluding carboxylic acids is 1. The van der Waals surface area contributed by atoms with Gasteiger partial charge in [-0.15, -0.1) is 0 Å². The SMILES string of the molecule is COc1ccc(-c2c(C(=O)[O-])c(/C=C/CCc3nccn3C)nc3cc(OC)c(OC)cc23)cc1OC. The number of allylic oxidation sites excluding steroid dienone is 1. The Bertz CT molecular complexity index is 1470. The van der Waals surface area contributed by atoms with Crippen LogP contribution in [0.1, 0.15) is 28.3 Å². The fraction of sp³-hybridized carbons (Fsp3) is 0.250. The molecule has 9 heteroatoms. The number of pyridine rings is 1. The number of hydrogen-bond donors (Lipinski definition) is 0. The molecule has 9 nitrogen and oxygen atoms in total. The topological polar surface area (TPSA) is 108 Å². The first-order valence-electron chi connectivity index (χ1n) is 11.6. The van der Waals surface area contributed by atoms with Crippen molar-refractivity contribution in [3.63, 3.8) is 0 Å². The van der Waals surface area contributed by atoms with Crippen molar-refractivity contribution in [1.29, 1.82) is 0 Å². The van der Waals surface area contributed by atoms with E-state index in [9.17, 15) is 9.90 Å². The summed E-state index contributed by atoms with van der Waals surface area (Å²) >= 11 is 0. The highest BCUT2D eigenvalue weighted by Crippen LogP contribution is 2.41. The molecule has 0 atom stereocenters. The third-order valence-corrected chi connectivity index (χ3v) is 6.13. The Morgan fingerprint density at radius 1 is 0.973 bits per heavy atom. The van der Waals surface area contributed by atoms with E-state index in [4.69, 9.17) is 18.9 Å². The minimum atomic E-state index is -1.35. The van der Waals surface area contributed by atoms with Crippen molar-refractivity contribution in [3.8, 4) is 34.1 Å². The average molecular weight is 503 g/mol. The second-order valence-corrected chi connectivity index (χ2v) is 8.22. The van der Waals surface area contributed by atoms with Gasteiger partial charge in [-0.1, -0.05) is 12.1 Å². The number of imidazole rings is 1. The number of hydrogen-bond acceptors (Lipinski definition) is 8. The molecule has 0 unspecified atom stereocenters. The maximum absolute atomic E-state index is 12.6. The lowest BCUT2D eigenvalue weighted by molar-refractivity contribution is -0.255. The van der Waals surface area contributed by atoms with Crippen LogP contribution in [-0.2, 0) is 13.5 Å². The lowest BCUT2D eigenvalue weighted by atomic mass is 9.93. The Morgan fingerprint density at radius 3 is 2.27 bits per heavy atom. The van der Waals surface area contributed by atoms with Gasteiger partial charge in [0.05, 0.1) is 45.6 Å². The van der Waals surface area contributed by atoms with Crippen LogP contribution >= 0.6 is 0 Å². The summed E-state index contributed by atoms with van der Waals surface area (Å²) < 4.78 is 23.7. The second-order valence-electron chi connectivity index (χ2n) is 8.22. The fourth-order valence-electron chi connectivity index (χ4n) is 4.27. The van der Waals surface area contributed by atoms with Crippen molar-refractivity contribution in [2.75, 3.05) is 28.4 Å². The number of benzene rings is 2. The number of carboxylic acids is 1. The molecule has 0 aliphatic carbocycles. The molecule has 0 aliphatic heterocycles. The fourth-order valence-corrected chi connectivity index (χ4v) is 4.27. The highest BCUT2D eigenvalue weighted by atomic mass is 16.5. The molecule has 4 rings (SSSR count). The average Bonchev–Trinajstić information content (AvgIpc) is 3.33. The van der Waals surface area contributed by atoms with Crippen LogP contribution in [0.25, 0.3) is 28.1 Å². The van der Waals surface area contributed by atoms with Crippen molar-refractivity contribution in [3.05, 3.63) is 65.9 Å². The van der Waals surface area contributed by atoms with E-state index in [1.54, 1.807) is 42.6 Å². The number of aromatic nitrogens is 3. The molecule has 0 radical (unpaired) electrons. The number of rotatable bonds is 10. The summed E-state index contributed by atoms with van der Waals surface area (Å²) in [6.45, 7) is 0. The summed E-state index contributed by atoms with van der Waals surface area (Å²) in [6, 6.07) is 8.67. The van der Waals surface area contributed by atoms with E-state index < -0.39 is 5.97 Å². The lowest BCUT2D eigenvalue weighted by Gasteiger charge is -2.19. The first kappa shape index (κ1) is 25.6. The van der Waals surface area contributed by atoms with Crippen LogP contribution in [0.15, 0.2) is 48.8 Å². The van der Waals surface area contributed by atoms with Gasteiger partial charge in [-0.3, -0.25) is 0 Å². The molecule has 0 saturated carbocycles. The number of aryl methyl sites for hydroxylation is 2. The maximum Gasteiger partial charge on any atom is 0.162 e. The van der Waals surface area contributed by atoms with Crippen molar-refractivity contribution in [2.45, 2.75) is 12.8 Å². The minimum Gasteiger partial charge on any atom is -0.545 e. The van der Waals surface area contributed by atoms with Crippen LogP contribution < -0.4 is 24.1 Å². The van der Waals surface area contributed by atoms with Gasteiger partial charge in [-0.2, -0.15) is 0 Å². The number of fused-ring (bicyclic) bond motifs is 1. The molecular formula is C28H28N3O6-. The van der Waals surface area contributed by atoms with Gasteiger partial charge in [0.1, 0.15) is 5.82 Å². The molecule has 192 valence electrons. The number of ether oxygens (including phenoxy) is 4. The summed E-state index contributed by atoms with van der Waals surface area (Å²) in [6.07, 6.45) is 8.56. The first-order valence-corrected chi connectivity index (χ1v) is 11.6. The molecule has 2 aromatic heterocycles. The maximum atomic E-state index is 12.6. The Balaban J connectivity index is 1.93. The van der Waals surface area contributed by atoms with Crippen LogP contribution in [-0.4, -0.2) is 48.9 Å². The van der Waals surface area contributed by atoms with Crippen LogP contribution in [0.4, 0.5) is 0 Å². The molecule has 0 saturated heterocycles. The highest BCUT2D eigenvalue weighted by Gasteiger charge is 2.20. The van der Waals surface area contributed by atoms with Gasteiger partial charge in [0.2, 0.25) is 0 Å². The predicted molar refractivity (Wildman–Crippen MR) is 138 cm³/mol. The van der Waals surface area contributed by atoms with Crippen LogP contribution in [0.2, 0.25) is 0 Å². The standard InChI is InChI=1S/C28H29N3O6/c1-31-13-12-29-25(31)9-7-6-8-19-27(28(32)33)26(17-10-11-21(34-2)22(14-17)35-3)18-15-23(36-4)24(37-5)16-20(18)30-19/h6,8,10-16H,7,9H2,1-5H3,(H,32,33)/p-1/b8-6+. The number of nitrogens with zero attached hydrogens (tertiary/aromatic N) is 3. The van der Waals surface area contributed by atoms with E-state index in [1.165, 1.54) is 28.4 Å². The number of carbonyl (C=O) groups is 1. The molecule has 0 fully saturated rings. The molecule has 0 bridgehead atoms. The molecule has 0 spiro atoms. The van der Waals surface area contributed by atoms with Gasteiger partial charge < -0.3 is 33.4 Å². The summed E-state index contributed by atoms with van der Waals surface area (Å²) in [7, 11) is 8.05. The van der Waals surface area contributed by atoms with Crippen LogP contribution in [0.5, 0.6) is 23.0 Å². The Hall–Kier alpha value is -4.53. The summed E-state index contributed by atoms with van der Waals surface area (Å²) in [4.78, 5) is 21.6. The Morgan fingerprint density at radius 2 is 1.65 bits per heavy atom. The molecule has 2 heterocycles. The third-order valence-electron chi connectivity index (χ3n) is 6.13. The van der Waals surface area contributed by atoms with Gasteiger partial charge in [0, 0.05) is 48.4 Å².